The third-order valence-corrected chi connectivity index (χ3v) is 4.38. The topological polar surface area (TPSA) is 87.3 Å². The number of allylic oxidation sites excluding steroid dienone is 1. The number of nitroso groups, excluding NO2 is 1. The first-order valence-corrected chi connectivity index (χ1v) is 8.42. The maximum absolute atomic E-state index is 12.9. The number of fused-ring (bicyclic) bond motifs is 1. The molecule has 1 heterocycles. The largest absolute Gasteiger partial charge is 0.496 e. The zero-order valence-electron chi connectivity index (χ0n) is 15.8. The van der Waals surface area contributed by atoms with E-state index in [0.29, 0.717) is 34.8 Å². The predicted octanol–water partition coefficient (Wildman–Crippen LogP) is 4.61. The molecule has 3 rings (SSSR count). The van der Waals surface area contributed by atoms with Crippen LogP contribution in [0.25, 0.3) is 22.3 Å². The second kappa shape index (κ2) is 7.96. The van der Waals surface area contributed by atoms with Gasteiger partial charge in [0, 0.05) is 6.07 Å². The highest BCUT2D eigenvalue weighted by Gasteiger charge is 2.23. The monoisotopic (exact) mass is 381 g/mol. The molecule has 0 aliphatic heterocycles. The van der Waals surface area contributed by atoms with Crippen LogP contribution in [-0.2, 0) is 6.42 Å². The summed E-state index contributed by atoms with van der Waals surface area (Å²) in [4.78, 5) is 24.4. The van der Waals surface area contributed by atoms with E-state index in [2.05, 4.69) is 11.8 Å². The highest BCUT2D eigenvalue weighted by atomic mass is 16.5. The number of hydrogen-bond donors (Lipinski definition) is 0. The van der Waals surface area contributed by atoms with Crippen LogP contribution in [0.3, 0.4) is 0 Å². The lowest BCUT2D eigenvalue weighted by molar-refractivity contribution is 0.349. The van der Waals surface area contributed by atoms with E-state index in [1.165, 1.54) is 21.3 Å². The maximum atomic E-state index is 12.9. The smallest absolute Gasteiger partial charge is 0.222 e. The Balaban J connectivity index is 2.43. The average molecular weight is 381 g/mol. The van der Waals surface area contributed by atoms with Crippen LogP contribution in [0.4, 0.5) is 5.69 Å². The second-order valence-corrected chi connectivity index (χ2v) is 5.89. The first-order chi connectivity index (χ1) is 13.6. The lowest BCUT2D eigenvalue weighted by Gasteiger charge is -2.15. The SMILES string of the molecule is C=CCc1cccc2c(=O)c(N=O)c(-c3cc(OC)c(OC)cc3OC)oc12. The Bertz CT molecular complexity index is 1120. The molecule has 0 N–H and O–H groups in total. The molecule has 0 aliphatic rings. The molecule has 3 aromatic rings. The third-order valence-electron chi connectivity index (χ3n) is 4.38. The minimum atomic E-state index is -0.519. The molecule has 0 saturated carbocycles. The minimum absolute atomic E-state index is 0.00168. The van der Waals surface area contributed by atoms with Gasteiger partial charge in [0.05, 0.1) is 32.3 Å². The van der Waals surface area contributed by atoms with Crippen LogP contribution < -0.4 is 19.6 Å². The van der Waals surface area contributed by atoms with Crippen molar-refractivity contribution in [3.8, 4) is 28.6 Å². The normalized spacial score (nSPS) is 10.5. The average Bonchev–Trinajstić information content (AvgIpc) is 2.73. The molecule has 0 saturated heterocycles. The molecule has 7 nitrogen and oxygen atoms in total. The molecule has 1 aromatic heterocycles. The fourth-order valence-corrected chi connectivity index (χ4v) is 3.05. The fourth-order valence-electron chi connectivity index (χ4n) is 3.05. The summed E-state index contributed by atoms with van der Waals surface area (Å²) in [7, 11) is 4.43. The standard InChI is InChI=1S/C21H19NO6/c1-5-7-12-8-6-9-13-19(23)18(22-24)21(28-20(12)13)14-10-16(26-3)17(27-4)11-15(14)25-2/h5-6,8-11H,1,7H2,2-4H3. The molecule has 144 valence electrons. The highest BCUT2D eigenvalue weighted by molar-refractivity contribution is 5.88. The summed E-state index contributed by atoms with van der Waals surface area (Å²) in [6.45, 7) is 3.73. The van der Waals surface area contributed by atoms with Gasteiger partial charge in [-0.05, 0) is 29.3 Å². The van der Waals surface area contributed by atoms with Gasteiger partial charge in [0.15, 0.2) is 22.9 Å². The number of ether oxygens (including phenoxy) is 3. The Kier molecular flexibility index (Phi) is 5.44. The van der Waals surface area contributed by atoms with Crippen molar-refractivity contribution in [2.45, 2.75) is 6.42 Å². The van der Waals surface area contributed by atoms with E-state index < -0.39 is 5.43 Å². The summed E-state index contributed by atoms with van der Waals surface area (Å²) < 4.78 is 22.1. The summed E-state index contributed by atoms with van der Waals surface area (Å²) in [5.41, 5.74) is 0.624. The molecule has 7 heteroatoms. The van der Waals surface area contributed by atoms with E-state index in [1.807, 2.05) is 6.07 Å². The van der Waals surface area contributed by atoms with Gasteiger partial charge in [0.1, 0.15) is 11.3 Å². The molecule has 0 bridgehead atoms. The Hall–Kier alpha value is -3.61. The van der Waals surface area contributed by atoms with E-state index in [-0.39, 0.29) is 16.8 Å². The van der Waals surface area contributed by atoms with Gasteiger partial charge in [-0.15, -0.1) is 11.5 Å². The molecule has 0 fully saturated rings. The fraction of sp³-hybridized carbons (Fsp3) is 0.190. The summed E-state index contributed by atoms with van der Waals surface area (Å²) in [6.07, 6.45) is 2.20. The van der Waals surface area contributed by atoms with Crippen molar-refractivity contribution in [1.82, 2.24) is 0 Å². The Morgan fingerprint density at radius 3 is 2.36 bits per heavy atom. The lowest BCUT2D eigenvalue weighted by atomic mass is 10.0. The molecule has 2 aromatic carbocycles. The number of rotatable bonds is 7. The molecule has 0 radical (unpaired) electrons. The van der Waals surface area contributed by atoms with Gasteiger partial charge in [-0.2, -0.15) is 0 Å². The molecule has 28 heavy (non-hydrogen) atoms. The third kappa shape index (κ3) is 3.11. The quantitative estimate of drug-likeness (QED) is 0.439. The van der Waals surface area contributed by atoms with Gasteiger partial charge in [0.25, 0.3) is 0 Å². The van der Waals surface area contributed by atoms with Crippen LogP contribution in [0.1, 0.15) is 5.56 Å². The van der Waals surface area contributed by atoms with Crippen molar-refractivity contribution in [2.24, 2.45) is 5.18 Å². The lowest BCUT2D eigenvalue weighted by Crippen LogP contribution is -2.05. The number of hydrogen-bond acceptors (Lipinski definition) is 7. The molecule has 0 unspecified atom stereocenters. The van der Waals surface area contributed by atoms with Gasteiger partial charge in [0.2, 0.25) is 5.43 Å². The van der Waals surface area contributed by atoms with Gasteiger partial charge in [-0.3, -0.25) is 4.79 Å². The number of methoxy groups -OCH3 is 3. The second-order valence-electron chi connectivity index (χ2n) is 5.89. The van der Waals surface area contributed by atoms with Crippen molar-refractivity contribution in [2.75, 3.05) is 21.3 Å². The van der Waals surface area contributed by atoms with Crippen LogP contribution in [0.5, 0.6) is 17.2 Å². The molecule has 0 amide bonds. The summed E-state index contributed by atoms with van der Waals surface area (Å²) >= 11 is 0. The molecular weight excluding hydrogens is 362 g/mol. The van der Waals surface area contributed by atoms with Gasteiger partial charge in [-0.25, -0.2) is 0 Å². The zero-order valence-corrected chi connectivity index (χ0v) is 15.8. The molecule has 0 atom stereocenters. The van der Waals surface area contributed by atoms with Crippen LogP contribution in [-0.4, -0.2) is 21.3 Å². The Morgan fingerprint density at radius 2 is 1.75 bits per heavy atom. The summed E-state index contributed by atoms with van der Waals surface area (Å²) in [5, 5.41) is 3.22. The van der Waals surface area contributed by atoms with Crippen molar-refractivity contribution in [1.29, 1.82) is 0 Å². The van der Waals surface area contributed by atoms with Crippen LogP contribution >= 0.6 is 0 Å². The van der Waals surface area contributed by atoms with Crippen LogP contribution in [0, 0.1) is 4.91 Å². The highest BCUT2D eigenvalue weighted by Crippen LogP contribution is 2.43. The van der Waals surface area contributed by atoms with Crippen molar-refractivity contribution >= 4 is 16.7 Å². The molecular formula is C21H19NO6. The van der Waals surface area contributed by atoms with E-state index >= 15 is 0 Å². The summed E-state index contributed by atoms with van der Waals surface area (Å²) in [6, 6.07) is 8.31. The van der Waals surface area contributed by atoms with Crippen LogP contribution in [0.15, 0.2) is 57.4 Å². The van der Waals surface area contributed by atoms with E-state index in [9.17, 15) is 9.70 Å². The first kappa shape index (κ1) is 19.2. The number of para-hydroxylation sites is 1. The van der Waals surface area contributed by atoms with E-state index in [4.69, 9.17) is 18.6 Å². The minimum Gasteiger partial charge on any atom is -0.496 e. The van der Waals surface area contributed by atoms with Gasteiger partial charge >= 0.3 is 0 Å². The molecule has 0 spiro atoms. The predicted molar refractivity (Wildman–Crippen MR) is 107 cm³/mol. The number of nitrogens with zero attached hydrogens (tertiary/aromatic N) is 1. The van der Waals surface area contributed by atoms with Crippen molar-refractivity contribution in [3.05, 3.63) is 63.7 Å². The molecule has 0 aliphatic carbocycles. The van der Waals surface area contributed by atoms with Crippen LogP contribution in [0.2, 0.25) is 0 Å². The van der Waals surface area contributed by atoms with Gasteiger partial charge < -0.3 is 18.6 Å². The van der Waals surface area contributed by atoms with Crippen molar-refractivity contribution in [3.63, 3.8) is 0 Å². The first-order valence-electron chi connectivity index (χ1n) is 8.42. The number of benzene rings is 2. The zero-order chi connectivity index (χ0) is 20.3. The Morgan fingerprint density at radius 1 is 1.07 bits per heavy atom. The summed E-state index contributed by atoms with van der Waals surface area (Å²) in [5.74, 6) is 1.16. The van der Waals surface area contributed by atoms with E-state index in [0.717, 1.165) is 5.56 Å². The Labute approximate surface area is 161 Å². The van der Waals surface area contributed by atoms with E-state index in [1.54, 1.807) is 30.3 Å². The van der Waals surface area contributed by atoms with Crippen molar-refractivity contribution < 1.29 is 18.6 Å². The maximum Gasteiger partial charge on any atom is 0.222 e. The van der Waals surface area contributed by atoms with Gasteiger partial charge in [-0.1, -0.05) is 18.2 Å².